The fourth-order valence-corrected chi connectivity index (χ4v) is 2.23. The van der Waals surface area contributed by atoms with Crippen LogP contribution in [0.1, 0.15) is 39.5 Å². The standard InChI is InChI=1S/C14H20O/c1-10(2)8-14(15)13-5-3-4-12(13)9-11-6-7-11/h3-5,10-12H,6-9H2,1-2H3. The molecule has 0 heterocycles. The summed E-state index contributed by atoms with van der Waals surface area (Å²) in [5, 5.41) is 0. The molecule has 0 bridgehead atoms. The van der Waals surface area contributed by atoms with Crippen LogP contribution in [0, 0.1) is 17.8 Å². The normalized spacial score (nSPS) is 24.7. The van der Waals surface area contributed by atoms with Crippen molar-refractivity contribution in [2.24, 2.45) is 17.8 Å². The van der Waals surface area contributed by atoms with Gasteiger partial charge < -0.3 is 0 Å². The number of ketones is 1. The van der Waals surface area contributed by atoms with Crippen LogP contribution in [0.15, 0.2) is 23.8 Å². The molecule has 2 aliphatic rings. The lowest BCUT2D eigenvalue weighted by atomic mass is 9.90. The van der Waals surface area contributed by atoms with E-state index in [9.17, 15) is 4.79 Å². The summed E-state index contributed by atoms with van der Waals surface area (Å²) in [6.45, 7) is 4.22. The Labute approximate surface area is 92.3 Å². The van der Waals surface area contributed by atoms with E-state index in [2.05, 4.69) is 26.0 Å². The van der Waals surface area contributed by atoms with Crippen molar-refractivity contribution in [1.29, 1.82) is 0 Å². The Morgan fingerprint density at radius 1 is 1.47 bits per heavy atom. The molecule has 0 aromatic carbocycles. The van der Waals surface area contributed by atoms with Crippen molar-refractivity contribution in [3.8, 4) is 0 Å². The molecule has 1 nitrogen and oxygen atoms in total. The van der Waals surface area contributed by atoms with E-state index >= 15 is 0 Å². The number of carbonyl (C=O) groups is 1. The lowest BCUT2D eigenvalue weighted by Crippen LogP contribution is -2.12. The van der Waals surface area contributed by atoms with Gasteiger partial charge >= 0.3 is 0 Å². The van der Waals surface area contributed by atoms with Crippen molar-refractivity contribution < 1.29 is 4.79 Å². The van der Waals surface area contributed by atoms with Crippen molar-refractivity contribution in [3.05, 3.63) is 23.8 Å². The molecule has 0 aromatic rings. The third-order valence-corrected chi connectivity index (χ3v) is 3.22. The minimum Gasteiger partial charge on any atom is -0.295 e. The van der Waals surface area contributed by atoms with Gasteiger partial charge in [0, 0.05) is 17.9 Å². The SMILES string of the molecule is CC(C)CC(=O)C1=CC=CC1CC1CC1. The van der Waals surface area contributed by atoms with E-state index in [0.717, 1.165) is 11.5 Å². The number of rotatable bonds is 5. The van der Waals surface area contributed by atoms with Crippen molar-refractivity contribution in [3.63, 3.8) is 0 Å². The van der Waals surface area contributed by atoms with Crippen molar-refractivity contribution in [2.45, 2.75) is 39.5 Å². The topological polar surface area (TPSA) is 17.1 Å². The summed E-state index contributed by atoms with van der Waals surface area (Å²) in [6, 6.07) is 0. The fourth-order valence-electron chi connectivity index (χ4n) is 2.23. The highest BCUT2D eigenvalue weighted by molar-refractivity contribution is 5.97. The lowest BCUT2D eigenvalue weighted by Gasteiger charge is -2.13. The maximum Gasteiger partial charge on any atom is 0.159 e. The molecule has 1 atom stereocenters. The molecule has 0 aliphatic heterocycles. The number of hydrogen-bond acceptors (Lipinski definition) is 1. The largest absolute Gasteiger partial charge is 0.295 e. The van der Waals surface area contributed by atoms with E-state index in [1.807, 2.05) is 6.08 Å². The van der Waals surface area contributed by atoms with Gasteiger partial charge in [-0.1, -0.05) is 44.9 Å². The van der Waals surface area contributed by atoms with Gasteiger partial charge in [0.15, 0.2) is 5.78 Å². The van der Waals surface area contributed by atoms with E-state index in [0.29, 0.717) is 24.0 Å². The Kier molecular flexibility index (Phi) is 3.08. The summed E-state index contributed by atoms with van der Waals surface area (Å²) in [6.07, 6.45) is 10.9. The fraction of sp³-hybridized carbons (Fsp3) is 0.643. The van der Waals surface area contributed by atoms with E-state index in [1.54, 1.807) is 0 Å². The first-order chi connectivity index (χ1) is 7.16. The number of Topliss-reactive ketones (excluding diaryl/α,β-unsaturated/α-hetero) is 1. The van der Waals surface area contributed by atoms with Gasteiger partial charge in [-0.15, -0.1) is 0 Å². The first-order valence-electron chi connectivity index (χ1n) is 6.08. The minimum atomic E-state index is 0.362. The molecule has 0 amide bonds. The highest BCUT2D eigenvalue weighted by Crippen LogP contribution is 2.39. The van der Waals surface area contributed by atoms with Gasteiger partial charge in [0.25, 0.3) is 0 Å². The first kappa shape index (κ1) is 10.7. The molecule has 1 unspecified atom stereocenters. The van der Waals surface area contributed by atoms with Crippen LogP contribution in [0.5, 0.6) is 0 Å². The Morgan fingerprint density at radius 3 is 2.80 bits per heavy atom. The summed E-state index contributed by atoms with van der Waals surface area (Å²) in [7, 11) is 0. The summed E-state index contributed by atoms with van der Waals surface area (Å²) in [5.41, 5.74) is 1.07. The van der Waals surface area contributed by atoms with Gasteiger partial charge in [0.1, 0.15) is 0 Å². The Balaban J connectivity index is 1.92. The van der Waals surface area contributed by atoms with Gasteiger partial charge in [-0.2, -0.15) is 0 Å². The van der Waals surface area contributed by atoms with Gasteiger partial charge in [-0.3, -0.25) is 4.79 Å². The van der Waals surface area contributed by atoms with Gasteiger partial charge in [0.05, 0.1) is 0 Å². The van der Waals surface area contributed by atoms with E-state index < -0.39 is 0 Å². The Bertz CT molecular complexity index is 305. The molecule has 82 valence electrons. The third kappa shape index (κ3) is 2.80. The molecule has 1 fully saturated rings. The molecule has 1 saturated carbocycles. The van der Waals surface area contributed by atoms with Crippen LogP contribution in [0.3, 0.4) is 0 Å². The summed E-state index contributed by atoms with van der Waals surface area (Å²) >= 11 is 0. The lowest BCUT2D eigenvalue weighted by molar-refractivity contribution is -0.116. The molecule has 0 radical (unpaired) electrons. The monoisotopic (exact) mass is 204 g/mol. The molecule has 1 heteroatoms. The Hall–Kier alpha value is -0.850. The summed E-state index contributed by atoms with van der Waals surface area (Å²) in [4.78, 5) is 12.0. The van der Waals surface area contributed by atoms with Gasteiger partial charge in [-0.05, 0) is 18.3 Å². The molecule has 2 rings (SSSR count). The van der Waals surface area contributed by atoms with Crippen molar-refractivity contribution in [1.82, 2.24) is 0 Å². The maximum atomic E-state index is 12.0. The third-order valence-electron chi connectivity index (χ3n) is 3.22. The van der Waals surface area contributed by atoms with Crippen LogP contribution in [0.25, 0.3) is 0 Å². The zero-order chi connectivity index (χ0) is 10.8. The van der Waals surface area contributed by atoms with Crippen LogP contribution in [-0.4, -0.2) is 5.78 Å². The van der Waals surface area contributed by atoms with E-state index in [1.165, 1.54) is 19.3 Å². The zero-order valence-electron chi connectivity index (χ0n) is 9.70. The number of allylic oxidation sites excluding steroid dienone is 4. The molecule has 0 saturated heterocycles. The van der Waals surface area contributed by atoms with Gasteiger partial charge in [0.2, 0.25) is 0 Å². The van der Waals surface area contributed by atoms with E-state index in [-0.39, 0.29) is 0 Å². The predicted molar refractivity (Wildman–Crippen MR) is 62.5 cm³/mol. The van der Waals surface area contributed by atoms with Crippen molar-refractivity contribution >= 4 is 5.78 Å². The second kappa shape index (κ2) is 4.34. The molecule has 2 aliphatic carbocycles. The molecular weight excluding hydrogens is 184 g/mol. The molecule has 0 aromatic heterocycles. The quantitative estimate of drug-likeness (QED) is 0.669. The second-order valence-corrected chi connectivity index (χ2v) is 5.31. The molecule has 15 heavy (non-hydrogen) atoms. The summed E-state index contributed by atoms with van der Waals surface area (Å²) < 4.78 is 0. The smallest absolute Gasteiger partial charge is 0.159 e. The minimum absolute atomic E-state index is 0.362. The van der Waals surface area contributed by atoms with Crippen LogP contribution in [-0.2, 0) is 4.79 Å². The van der Waals surface area contributed by atoms with Crippen LogP contribution in [0.2, 0.25) is 0 Å². The molecular formula is C14H20O. The average Bonchev–Trinajstić information content (AvgIpc) is 2.80. The Morgan fingerprint density at radius 2 is 2.20 bits per heavy atom. The second-order valence-electron chi connectivity index (χ2n) is 5.31. The van der Waals surface area contributed by atoms with Crippen molar-refractivity contribution in [2.75, 3.05) is 0 Å². The number of hydrogen-bond donors (Lipinski definition) is 0. The predicted octanol–water partition coefficient (Wildman–Crippen LogP) is 3.51. The van der Waals surface area contributed by atoms with E-state index in [4.69, 9.17) is 0 Å². The highest BCUT2D eigenvalue weighted by Gasteiger charge is 2.29. The average molecular weight is 204 g/mol. The van der Waals surface area contributed by atoms with Crippen LogP contribution < -0.4 is 0 Å². The molecule has 0 N–H and O–H groups in total. The first-order valence-corrected chi connectivity index (χ1v) is 6.08. The van der Waals surface area contributed by atoms with Crippen LogP contribution >= 0.6 is 0 Å². The maximum absolute atomic E-state index is 12.0. The molecule has 0 spiro atoms. The summed E-state index contributed by atoms with van der Waals surface area (Å²) in [5.74, 6) is 2.16. The number of carbonyl (C=O) groups excluding carboxylic acids is 1. The highest BCUT2D eigenvalue weighted by atomic mass is 16.1. The van der Waals surface area contributed by atoms with Crippen LogP contribution in [0.4, 0.5) is 0 Å². The zero-order valence-corrected chi connectivity index (χ0v) is 9.70. The van der Waals surface area contributed by atoms with Gasteiger partial charge in [-0.25, -0.2) is 0 Å².